The van der Waals surface area contributed by atoms with Gasteiger partial charge in [-0.05, 0) is 0 Å². The van der Waals surface area contributed by atoms with Crippen molar-refractivity contribution in [2.24, 2.45) is 0 Å². The molecule has 1 aliphatic heterocycles. The first-order valence-electron chi connectivity index (χ1n) is 4.10. The molecule has 13 heavy (non-hydrogen) atoms. The van der Waals surface area contributed by atoms with Crippen molar-refractivity contribution in [3.05, 3.63) is 6.07 Å². The first kappa shape index (κ1) is 7.90. The minimum atomic E-state index is -0.253. The standard InChI is InChI=1S/C7H11N5O/c1-8-7(13)10-5-4-6-9-2-3-12(6)11-5/h4,9H,2-3H2,1H3,(H2,8,10,11,13). The van der Waals surface area contributed by atoms with Crippen molar-refractivity contribution >= 4 is 17.7 Å². The van der Waals surface area contributed by atoms with Gasteiger partial charge in [0, 0.05) is 19.7 Å². The minimum absolute atomic E-state index is 0.253. The van der Waals surface area contributed by atoms with Gasteiger partial charge in [0.25, 0.3) is 0 Å². The summed E-state index contributed by atoms with van der Waals surface area (Å²) in [6.45, 7) is 1.76. The van der Waals surface area contributed by atoms with E-state index in [1.54, 1.807) is 7.05 Å². The van der Waals surface area contributed by atoms with Crippen LogP contribution in [0.3, 0.4) is 0 Å². The van der Waals surface area contributed by atoms with E-state index in [-0.39, 0.29) is 6.03 Å². The highest BCUT2D eigenvalue weighted by atomic mass is 16.2. The zero-order chi connectivity index (χ0) is 9.26. The summed E-state index contributed by atoms with van der Waals surface area (Å²) in [6.07, 6.45) is 0. The number of aromatic nitrogens is 2. The van der Waals surface area contributed by atoms with Gasteiger partial charge in [0.2, 0.25) is 0 Å². The molecule has 3 N–H and O–H groups in total. The number of rotatable bonds is 1. The van der Waals surface area contributed by atoms with E-state index >= 15 is 0 Å². The average molecular weight is 181 g/mol. The summed E-state index contributed by atoms with van der Waals surface area (Å²) in [7, 11) is 1.57. The van der Waals surface area contributed by atoms with Crippen molar-refractivity contribution in [3.63, 3.8) is 0 Å². The second-order valence-corrected chi connectivity index (χ2v) is 2.77. The monoisotopic (exact) mass is 181 g/mol. The number of hydrogen-bond acceptors (Lipinski definition) is 3. The van der Waals surface area contributed by atoms with Crippen LogP contribution in [-0.2, 0) is 6.54 Å². The van der Waals surface area contributed by atoms with Gasteiger partial charge in [0.05, 0.1) is 6.54 Å². The molecule has 0 spiro atoms. The first-order valence-corrected chi connectivity index (χ1v) is 4.10. The summed E-state index contributed by atoms with van der Waals surface area (Å²) < 4.78 is 1.82. The maximum Gasteiger partial charge on any atom is 0.320 e. The topological polar surface area (TPSA) is 71.0 Å². The van der Waals surface area contributed by atoms with Crippen LogP contribution in [0.25, 0.3) is 0 Å². The lowest BCUT2D eigenvalue weighted by atomic mass is 10.6. The van der Waals surface area contributed by atoms with Gasteiger partial charge in [0.1, 0.15) is 5.82 Å². The lowest BCUT2D eigenvalue weighted by Crippen LogP contribution is -2.24. The molecule has 0 aromatic carbocycles. The number of nitrogens with zero attached hydrogens (tertiary/aromatic N) is 2. The molecule has 0 aliphatic carbocycles. The minimum Gasteiger partial charge on any atom is -0.368 e. The highest BCUT2D eigenvalue weighted by molar-refractivity contribution is 5.88. The molecular formula is C7H11N5O. The van der Waals surface area contributed by atoms with Gasteiger partial charge < -0.3 is 10.6 Å². The summed E-state index contributed by atoms with van der Waals surface area (Å²) in [5, 5.41) is 12.4. The summed E-state index contributed by atoms with van der Waals surface area (Å²) in [6, 6.07) is 1.55. The van der Waals surface area contributed by atoms with Crippen molar-refractivity contribution in [3.8, 4) is 0 Å². The molecule has 0 saturated heterocycles. The maximum absolute atomic E-state index is 10.9. The van der Waals surface area contributed by atoms with Gasteiger partial charge in [-0.3, -0.25) is 5.32 Å². The van der Waals surface area contributed by atoms with Crippen LogP contribution in [0.4, 0.5) is 16.4 Å². The Hall–Kier alpha value is -1.72. The third kappa shape index (κ3) is 1.42. The number of fused-ring (bicyclic) bond motifs is 1. The largest absolute Gasteiger partial charge is 0.368 e. The number of anilines is 2. The third-order valence-electron chi connectivity index (χ3n) is 1.88. The number of amides is 2. The lowest BCUT2D eigenvalue weighted by molar-refractivity contribution is 0.254. The predicted molar refractivity (Wildman–Crippen MR) is 48.8 cm³/mol. The molecule has 0 saturated carbocycles. The fourth-order valence-corrected chi connectivity index (χ4v) is 1.26. The Balaban J connectivity index is 2.10. The molecule has 1 aromatic heterocycles. The Kier molecular flexibility index (Phi) is 1.80. The molecule has 2 heterocycles. The molecule has 2 amide bonds. The summed E-state index contributed by atoms with van der Waals surface area (Å²) in [4.78, 5) is 10.9. The van der Waals surface area contributed by atoms with E-state index in [2.05, 4.69) is 21.0 Å². The average Bonchev–Trinajstić information content (AvgIpc) is 2.63. The Morgan fingerprint density at radius 2 is 2.62 bits per heavy atom. The second kappa shape index (κ2) is 2.96. The van der Waals surface area contributed by atoms with Crippen molar-refractivity contribution in [1.29, 1.82) is 0 Å². The summed E-state index contributed by atoms with van der Waals surface area (Å²) in [5.74, 6) is 1.52. The molecule has 1 aliphatic rings. The molecule has 70 valence electrons. The lowest BCUT2D eigenvalue weighted by Gasteiger charge is -1.98. The van der Waals surface area contributed by atoms with Gasteiger partial charge in [0.15, 0.2) is 5.82 Å². The molecule has 2 rings (SSSR count). The number of hydrogen-bond donors (Lipinski definition) is 3. The Bertz CT molecular complexity index is 310. The van der Waals surface area contributed by atoms with Crippen LogP contribution in [0.2, 0.25) is 0 Å². The van der Waals surface area contributed by atoms with Crippen LogP contribution in [0.15, 0.2) is 6.07 Å². The molecular weight excluding hydrogens is 170 g/mol. The van der Waals surface area contributed by atoms with E-state index in [9.17, 15) is 4.79 Å². The normalized spacial score (nSPS) is 13.3. The van der Waals surface area contributed by atoms with E-state index in [0.717, 1.165) is 18.9 Å². The van der Waals surface area contributed by atoms with Crippen LogP contribution >= 0.6 is 0 Å². The van der Waals surface area contributed by atoms with E-state index in [1.165, 1.54) is 0 Å². The molecule has 0 radical (unpaired) electrons. The Labute approximate surface area is 75.3 Å². The van der Waals surface area contributed by atoms with Gasteiger partial charge >= 0.3 is 6.03 Å². The number of nitrogens with one attached hydrogen (secondary N) is 3. The SMILES string of the molecule is CNC(=O)Nc1cc2n(n1)CCN2. The number of carbonyl (C=O) groups excluding carboxylic acids is 1. The van der Waals surface area contributed by atoms with Crippen molar-refractivity contribution < 1.29 is 4.79 Å². The van der Waals surface area contributed by atoms with Crippen molar-refractivity contribution in [1.82, 2.24) is 15.1 Å². The van der Waals surface area contributed by atoms with Crippen LogP contribution < -0.4 is 16.0 Å². The van der Waals surface area contributed by atoms with Gasteiger partial charge in [-0.2, -0.15) is 5.10 Å². The van der Waals surface area contributed by atoms with Crippen LogP contribution in [0.1, 0.15) is 0 Å². The number of urea groups is 1. The van der Waals surface area contributed by atoms with Crippen LogP contribution in [0, 0.1) is 0 Å². The Morgan fingerprint density at radius 1 is 1.77 bits per heavy atom. The Morgan fingerprint density at radius 3 is 3.31 bits per heavy atom. The van der Waals surface area contributed by atoms with E-state index in [0.29, 0.717) is 5.82 Å². The molecule has 0 fully saturated rings. The zero-order valence-corrected chi connectivity index (χ0v) is 7.29. The summed E-state index contributed by atoms with van der Waals surface area (Å²) in [5.41, 5.74) is 0. The van der Waals surface area contributed by atoms with Crippen LogP contribution in [0.5, 0.6) is 0 Å². The molecule has 1 aromatic rings. The maximum atomic E-state index is 10.9. The fourth-order valence-electron chi connectivity index (χ4n) is 1.26. The van der Waals surface area contributed by atoms with E-state index in [4.69, 9.17) is 0 Å². The number of carbonyl (C=O) groups is 1. The quantitative estimate of drug-likeness (QED) is 0.573. The first-order chi connectivity index (χ1) is 6.29. The van der Waals surface area contributed by atoms with Gasteiger partial charge in [-0.15, -0.1) is 0 Å². The van der Waals surface area contributed by atoms with Crippen LogP contribution in [-0.4, -0.2) is 29.4 Å². The highest BCUT2D eigenvalue weighted by Gasteiger charge is 2.13. The smallest absolute Gasteiger partial charge is 0.320 e. The molecule has 0 unspecified atom stereocenters. The molecule has 6 nitrogen and oxygen atoms in total. The third-order valence-corrected chi connectivity index (χ3v) is 1.88. The predicted octanol–water partition coefficient (Wildman–Crippen LogP) is 0.0599. The highest BCUT2D eigenvalue weighted by Crippen LogP contribution is 2.17. The zero-order valence-electron chi connectivity index (χ0n) is 7.29. The van der Waals surface area contributed by atoms with E-state index < -0.39 is 0 Å². The summed E-state index contributed by atoms with van der Waals surface area (Å²) >= 11 is 0. The fraction of sp³-hybridized carbons (Fsp3) is 0.429. The van der Waals surface area contributed by atoms with Gasteiger partial charge in [-0.1, -0.05) is 0 Å². The molecule has 0 atom stereocenters. The molecule has 0 bridgehead atoms. The van der Waals surface area contributed by atoms with Gasteiger partial charge in [-0.25, -0.2) is 9.48 Å². The second-order valence-electron chi connectivity index (χ2n) is 2.77. The van der Waals surface area contributed by atoms with Crippen molar-refractivity contribution in [2.45, 2.75) is 6.54 Å². The van der Waals surface area contributed by atoms with E-state index in [1.807, 2.05) is 10.7 Å². The molecule has 6 heteroatoms. The van der Waals surface area contributed by atoms with Crippen molar-refractivity contribution in [2.75, 3.05) is 24.2 Å².